The average Bonchev–Trinajstić information content (AvgIpc) is 2.74. The van der Waals surface area contributed by atoms with Crippen LogP contribution in [0.15, 0.2) is 58.4 Å². The van der Waals surface area contributed by atoms with Crippen molar-refractivity contribution >= 4 is 22.6 Å². The minimum Gasteiger partial charge on any atom is -0.379 e. The average molecular weight is 410 g/mol. The summed E-state index contributed by atoms with van der Waals surface area (Å²) in [6.45, 7) is 6.93. The highest BCUT2D eigenvalue weighted by molar-refractivity contribution is 6.00. The van der Waals surface area contributed by atoms with Gasteiger partial charge in [0.1, 0.15) is 5.82 Å². The Hall–Kier alpha value is -3.06. The molecule has 0 fully saturated rings. The van der Waals surface area contributed by atoms with E-state index >= 15 is 0 Å². The summed E-state index contributed by atoms with van der Waals surface area (Å²) in [4.78, 5) is 17.7. The van der Waals surface area contributed by atoms with E-state index in [2.05, 4.69) is 15.5 Å². The number of nitrogens with one attached hydrogen (secondary N) is 1. The van der Waals surface area contributed by atoms with Crippen LogP contribution in [0.1, 0.15) is 39.2 Å². The molecule has 0 aliphatic heterocycles. The molecule has 1 heterocycles. The lowest BCUT2D eigenvalue weighted by atomic mass is 10.1. The maximum Gasteiger partial charge on any atom is 0.262 e. The van der Waals surface area contributed by atoms with Crippen LogP contribution >= 0.6 is 0 Å². The van der Waals surface area contributed by atoms with Crippen LogP contribution in [-0.2, 0) is 11.3 Å². The quantitative estimate of drug-likeness (QED) is 0.319. The smallest absolute Gasteiger partial charge is 0.262 e. The molecule has 3 rings (SSSR count). The molecule has 0 saturated carbocycles. The van der Waals surface area contributed by atoms with Gasteiger partial charge in [-0.1, -0.05) is 31.2 Å². The first-order valence-corrected chi connectivity index (χ1v) is 10.2. The zero-order valence-corrected chi connectivity index (χ0v) is 17.6. The standard InChI is InChI=1S/C23H27FN4O2/c1-4-20(17-10-12-18(24)13-11-17)26-27-23-25-21-9-6-5-8-19(21)22(29)28(23)14-7-15-30-16(2)3/h5-6,8-13,16H,4,7,14-15H2,1-3H3,(H,25,27)/b26-20-. The van der Waals surface area contributed by atoms with Crippen LogP contribution in [0.3, 0.4) is 0 Å². The molecule has 0 amide bonds. The number of ether oxygens (including phenoxy) is 1. The molecule has 6 nitrogen and oxygen atoms in total. The van der Waals surface area contributed by atoms with E-state index < -0.39 is 0 Å². The topological polar surface area (TPSA) is 68.5 Å². The molecular formula is C23H27FN4O2. The number of para-hydroxylation sites is 1. The summed E-state index contributed by atoms with van der Waals surface area (Å²) in [5.41, 5.74) is 5.00. The zero-order chi connectivity index (χ0) is 21.5. The zero-order valence-electron chi connectivity index (χ0n) is 17.6. The van der Waals surface area contributed by atoms with E-state index in [0.29, 0.717) is 42.8 Å². The van der Waals surface area contributed by atoms with Gasteiger partial charge in [0, 0.05) is 13.2 Å². The maximum atomic E-state index is 13.2. The minimum absolute atomic E-state index is 0.123. The van der Waals surface area contributed by atoms with Gasteiger partial charge in [-0.15, -0.1) is 0 Å². The number of hydrogen-bond donors (Lipinski definition) is 1. The Morgan fingerprint density at radius 2 is 1.93 bits per heavy atom. The van der Waals surface area contributed by atoms with E-state index in [1.165, 1.54) is 12.1 Å². The molecule has 3 aromatic rings. The van der Waals surface area contributed by atoms with Gasteiger partial charge in [0.05, 0.1) is 22.7 Å². The van der Waals surface area contributed by atoms with Gasteiger partial charge in [0.15, 0.2) is 0 Å². The Morgan fingerprint density at radius 1 is 1.20 bits per heavy atom. The third-order valence-electron chi connectivity index (χ3n) is 4.64. The number of nitrogens with zero attached hydrogens (tertiary/aromatic N) is 3. The van der Waals surface area contributed by atoms with Crippen molar-refractivity contribution in [1.82, 2.24) is 9.55 Å². The summed E-state index contributed by atoms with van der Waals surface area (Å²) in [5, 5.41) is 5.03. The molecule has 158 valence electrons. The molecule has 1 N–H and O–H groups in total. The first-order chi connectivity index (χ1) is 14.5. The lowest BCUT2D eigenvalue weighted by molar-refractivity contribution is 0.0748. The molecule has 0 radical (unpaired) electrons. The summed E-state index contributed by atoms with van der Waals surface area (Å²) in [6, 6.07) is 13.4. The summed E-state index contributed by atoms with van der Waals surface area (Å²) < 4.78 is 20.4. The van der Waals surface area contributed by atoms with Gasteiger partial charge in [-0.25, -0.2) is 14.8 Å². The van der Waals surface area contributed by atoms with Crippen LogP contribution in [0.5, 0.6) is 0 Å². The molecule has 30 heavy (non-hydrogen) atoms. The van der Waals surface area contributed by atoms with Crippen molar-refractivity contribution in [3.8, 4) is 0 Å². The van der Waals surface area contributed by atoms with Gasteiger partial charge in [-0.3, -0.25) is 9.36 Å². The number of hydrogen-bond acceptors (Lipinski definition) is 5. The Balaban J connectivity index is 1.93. The number of halogens is 1. The molecule has 2 aromatic carbocycles. The van der Waals surface area contributed by atoms with Crippen LogP contribution in [0.2, 0.25) is 0 Å². The van der Waals surface area contributed by atoms with Crippen molar-refractivity contribution < 1.29 is 9.13 Å². The molecular weight excluding hydrogens is 383 g/mol. The van der Waals surface area contributed by atoms with Gasteiger partial charge in [-0.2, -0.15) is 5.10 Å². The third kappa shape index (κ3) is 5.30. The van der Waals surface area contributed by atoms with Crippen molar-refractivity contribution in [2.24, 2.45) is 5.10 Å². The first kappa shape index (κ1) is 21.6. The van der Waals surface area contributed by atoms with Crippen LogP contribution in [-0.4, -0.2) is 28.0 Å². The van der Waals surface area contributed by atoms with Crippen LogP contribution in [0, 0.1) is 5.82 Å². The molecule has 0 aliphatic rings. The third-order valence-corrected chi connectivity index (χ3v) is 4.64. The normalized spacial score (nSPS) is 12.0. The molecule has 0 bridgehead atoms. The fourth-order valence-corrected chi connectivity index (χ4v) is 3.11. The van der Waals surface area contributed by atoms with Crippen molar-refractivity contribution in [2.75, 3.05) is 12.0 Å². The second-order valence-electron chi connectivity index (χ2n) is 7.21. The largest absolute Gasteiger partial charge is 0.379 e. The van der Waals surface area contributed by atoms with E-state index in [1.807, 2.05) is 32.9 Å². The Labute approximate surface area is 175 Å². The van der Waals surface area contributed by atoms with E-state index in [1.54, 1.807) is 28.8 Å². The maximum absolute atomic E-state index is 13.2. The number of hydrazone groups is 1. The predicted octanol–water partition coefficient (Wildman–Crippen LogP) is 4.58. The molecule has 7 heteroatoms. The molecule has 0 aliphatic carbocycles. The molecule has 0 unspecified atom stereocenters. The SMILES string of the molecule is CC/C(=N/Nc1nc2ccccc2c(=O)n1CCCOC(C)C)c1ccc(F)cc1. The number of rotatable bonds is 9. The van der Waals surface area contributed by atoms with Crippen LogP contribution in [0.4, 0.5) is 10.3 Å². The number of fused-ring (bicyclic) bond motifs is 1. The minimum atomic E-state index is -0.296. The van der Waals surface area contributed by atoms with E-state index in [9.17, 15) is 9.18 Å². The predicted molar refractivity (Wildman–Crippen MR) is 119 cm³/mol. The summed E-state index contributed by atoms with van der Waals surface area (Å²) in [7, 11) is 0. The fraction of sp³-hybridized carbons (Fsp3) is 0.348. The lowest BCUT2D eigenvalue weighted by Gasteiger charge is -2.14. The van der Waals surface area contributed by atoms with Crippen molar-refractivity contribution in [2.45, 2.75) is 46.3 Å². The van der Waals surface area contributed by atoms with Gasteiger partial charge < -0.3 is 4.74 Å². The van der Waals surface area contributed by atoms with Gasteiger partial charge in [0.2, 0.25) is 5.95 Å². The van der Waals surface area contributed by atoms with E-state index in [4.69, 9.17) is 4.74 Å². The number of aromatic nitrogens is 2. The summed E-state index contributed by atoms with van der Waals surface area (Å²) >= 11 is 0. The molecule has 0 atom stereocenters. The molecule has 0 saturated heterocycles. The van der Waals surface area contributed by atoms with Gasteiger partial charge in [0.25, 0.3) is 5.56 Å². The van der Waals surface area contributed by atoms with Gasteiger partial charge in [-0.05, 0) is 56.5 Å². The highest BCUT2D eigenvalue weighted by Gasteiger charge is 2.11. The fourth-order valence-electron chi connectivity index (χ4n) is 3.11. The van der Waals surface area contributed by atoms with E-state index in [0.717, 1.165) is 11.3 Å². The number of anilines is 1. The van der Waals surface area contributed by atoms with Crippen molar-refractivity contribution in [3.63, 3.8) is 0 Å². The van der Waals surface area contributed by atoms with Crippen molar-refractivity contribution in [3.05, 3.63) is 70.3 Å². The van der Waals surface area contributed by atoms with Crippen LogP contribution < -0.4 is 11.0 Å². The highest BCUT2D eigenvalue weighted by Crippen LogP contribution is 2.13. The Morgan fingerprint density at radius 3 is 2.63 bits per heavy atom. The Bertz CT molecular complexity index is 1070. The molecule has 1 aromatic heterocycles. The van der Waals surface area contributed by atoms with E-state index in [-0.39, 0.29) is 17.5 Å². The van der Waals surface area contributed by atoms with Crippen molar-refractivity contribution in [1.29, 1.82) is 0 Å². The Kier molecular flexibility index (Phi) is 7.30. The highest BCUT2D eigenvalue weighted by atomic mass is 19.1. The lowest BCUT2D eigenvalue weighted by Crippen LogP contribution is -2.25. The first-order valence-electron chi connectivity index (χ1n) is 10.2. The summed E-state index contributed by atoms with van der Waals surface area (Å²) in [5.74, 6) is 0.0760. The van der Waals surface area contributed by atoms with Gasteiger partial charge >= 0.3 is 0 Å². The number of benzene rings is 2. The second-order valence-corrected chi connectivity index (χ2v) is 7.21. The summed E-state index contributed by atoms with van der Waals surface area (Å²) in [6.07, 6.45) is 1.45. The monoisotopic (exact) mass is 410 g/mol. The second kappa shape index (κ2) is 10.1. The molecule has 0 spiro atoms. The van der Waals surface area contributed by atoms with Crippen LogP contribution in [0.25, 0.3) is 10.9 Å².